The van der Waals surface area contributed by atoms with E-state index in [1.54, 1.807) is 0 Å². The van der Waals surface area contributed by atoms with Crippen LogP contribution in [0.3, 0.4) is 0 Å². The molecule has 0 atom stereocenters. The molecular formula is C11H13F2N3O2. The molecule has 1 aliphatic rings. The van der Waals surface area contributed by atoms with Gasteiger partial charge in [0.25, 0.3) is 0 Å². The summed E-state index contributed by atoms with van der Waals surface area (Å²) in [5.74, 6) is -1.71. The molecule has 1 heterocycles. The van der Waals surface area contributed by atoms with Gasteiger partial charge >= 0.3 is 6.03 Å². The van der Waals surface area contributed by atoms with Gasteiger partial charge in [-0.1, -0.05) is 0 Å². The Morgan fingerprint density at radius 1 is 1.28 bits per heavy atom. The van der Waals surface area contributed by atoms with Crippen molar-refractivity contribution in [3.8, 4) is 0 Å². The third kappa shape index (κ3) is 2.67. The minimum atomic E-state index is -0.858. The van der Waals surface area contributed by atoms with E-state index >= 15 is 0 Å². The number of morpholine rings is 1. The number of halogens is 2. The fourth-order valence-corrected chi connectivity index (χ4v) is 1.62. The van der Waals surface area contributed by atoms with Crippen molar-refractivity contribution < 1.29 is 18.3 Å². The van der Waals surface area contributed by atoms with Crippen molar-refractivity contribution in [1.82, 2.24) is 4.90 Å². The van der Waals surface area contributed by atoms with Crippen LogP contribution in [0.5, 0.6) is 0 Å². The minimum Gasteiger partial charge on any atom is -0.396 e. The van der Waals surface area contributed by atoms with E-state index in [2.05, 4.69) is 5.32 Å². The van der Waals surface area contributed by atoms with Crippen molar-refractivity contribution in [3.63, 3.8) is 0 Å². The molecule has 3 N–H and O–H groups in total. The largest absolute Gasteiger partial charge is 0.396 e. The summed E-state index contributed by atoms with van der Waals surface area (Å²) in [6.45, 7) is 1.76. The van der Waals surface area contributed by atoms with E-state index in [0.29, 0.717) is 32.4 Å². The SMILES string of the molecule is Nc1cc(NC(=O)N2CCOCC2)c(F)cc1F. The first-order chi connectivity index (χ1) is 8.58. The maximum atomic E-state index is 13.4. The molecule has 0 unspecified atom stereocenters. The number of hydrogen-bond acceptors (Lipinski definition) is 3. The number of ether oxygens (including phenoxy) is 1. The van der Waals surface area contributed by atoms with Gasteiger partial charge in [-0.15, -0.1) is 0 Å². The number of nitrogen functional groups attached to an aromatic ring is 1. The lowest BCUT2D eigenvalue weighted by atomic mass is 10.2. The van der Waals surface area contributed by atoms with Crippen molar-refractivity contribution in [2.75, 3.05) is 37.4 Å². The fourth-order valence-electron chi connectivity index (χ4n) is 1.62. The van der Waals surface area contributed by atoms with Gasteiger partial charge in [-0.2, -0.15) is 0 Å². The Hall–Kier alpha value is -1.89. The molecule has 0 saturated carbocycles. The lowest BCUT2D eigenvalue weighted by Crippen LogP contribution is -2.43. The van der Waals surface area contributed by atoms with Crippen molar-refractivity contribution in [3.05, 3.63) is 23.8 Å². The number of rotatable bonds is 1. The first-order valence-electron chi connectivity index (χ1n) is 5.46. The molecule has 0 aromatic heterocycles. The number of anilines is 2. The maximum absolute atomic E-state index is 13.4. The molecule has 18 heavy (non-hydrogen) atoms. The van der Waals surface area contributed by atoms with Crippen LogP contribution in [-0.4, -0.2) is 37.2 Å². The Morgan fingerprint density at radius 3 is 2.61 bits per heavy atom. The van der Waals surface area contributed by atoms with Gasteiger partial charge in [0, 0.05) is 19.2 Å². The molecule has 1 aromatic carbocycles. The molecule has 2 amide bonds. The number of nitrogens with one attached hydrogen (secondary N) is 1. The Balaban J connectivity index is 2.08. The Bertz CT molecular complexity index is 462. The summed E-state index contributed by atoms with van der Waals surface area (Å²) in [7, 11) is 0. The summed E-state index contributed by atoms with van der Waals surface area (Å²) in [6, 6.07) is 1.25. The van der Waals surface area contributed by atoms with Gasteiger partial charge < -0.3 is 20.7 Å². The number of carbonyl (C=O) groups excluding carboxylic acids is 1. The summed E-state index contributed by atoms with van der Waals surface area (Å²) >= 11 is 0. The number of urea groups is 1. The third-order valence-electron chi connectivity index (χ3n) is 2.63. The predicted octanol–water partition coefficient (Wildman–Crippen LogP) is 1.41. The summed E-state index contributed by atoms with van der Waals surface area (Å²) in [6.07, 6.45) is 0. The van der Waals surface area contributed by atoms with Crippen LogP contribution in [0.1, 0.15) is 0 Å². The lowest BCUT2D eigenvalue weighted by Gasteiger charge is -2.27. The highest BCUT2D eigenvalue weighted by molar-refractivity contribution is 5.90. The molecule has 98 valence electrons. The van der Waals surface area contributed by atoms with Gasteiger partial charge in [-0.05, 0) is 6.07 Å². The van der Waals surface area contributed by atoms with Crippen molar-refractivity contribution in [2.45, 2.75) is 0 Å². The van der Waals surface area contributed by atoms with E-state index < -0.39 is 17.7 Å². The van der Waals surface area contributed by atoms with E-state index in [-0.39, 0.29) is 11.4 Å². The molecule has 0 spiro atoms. The van der Waals surface area contributed by atoms with Crippen LogP contribution < -0.4 is 11.1 Å². The molecule has 1 saturated heterocycles. The number of hydrogen-bond donors (Lipinski definition) is 2. The Kier molecular flexibility index (Phi) is 3.61. The van der Waals surface area contributed by atoms with Crippen LogP contribution in [0.25, 0.3) is 0 Å². The van der Waals surface area contributed by atoms with Crippen LogP contribution in [0, 0.1) is 11.6 Å². The Morgan fingerprint density at radius 2 is 1.94 bits per heavy atom. The first-order valence-corrected chi connectivity index (χ1v) is 5.46. The van der Waals surface area contributed by atoms with Gasteiger partial charge in [0.05, 0.1) is 24.6 Å². The predicted molar refractivity (Wildman–Crippen MR) is 62.2 cm³/mol. The zero-order valence-electron chi connectivity index (χ0n) is 9.58. The highest BCUT2D eigenvalue weighted by atomic mass is 19.1. The number of benzene rings is 1. The smallest absolute Gasteiger partial charge is 0.322 e. The van der Waals surface area contributed by atoms with E-state index in [4.69, 9.17) is 10.5 Å². The molecule has 0 aliphatic carbocycles. The molecule has 7 heteroatoms. The second kappa shape index (κ2) is 5.18. The molecule has 0 bridgehead atoms. The summed E-state index contributed by atoms with van der Waals surface area (Å²) < 4.78 is 31.4. The van der Waals surface area contributed by atoms with Crippen molar-refractivity contribution >= 4 is 17.4 Å². The monoisotopic (exact) mass is 257 g/mol. The standard InChI is InChI=1S/C11H13F2N3O2/c12-7-5-8(13)10(6-9(7)14)15-11(17)16-1-3-18-4-2-16/h5-6H,1-4,14H2,(H,15,17). The average molecular weight is 257 g/mol. The maximum Gasteiger partial charge on any atom is 0.322 e. The minimum absolute atomic E-state index is 0.134. The van der Waals surface area contributed by atoms with Crippen LogP contribution in [-0.2, 0) is 4.74 Å². The quantitative estimate of drug-likeness (QED) is 0.747. The number of nitrogens with zero attached hydrogens (tertiary/aromatic N) is 1. The summed E-state index contributed by atoms with van der Waals surface area (Å²) in [5, 5.41) is 2.36. The molecule has 0 radical (unpaired) electrons. The van der Waals surface area contributed by atoms with Crippen LogP contribution in [0.2, 0.25) is 0 Å². The first kappa shape index (κ1) is 12.6. The topological polar surface area (TPSA) is 67.6 Å². The summed E-state index contributed by atoms with van der Waals surface area (Å²) in [5.41, 5.74) is 4.97. The zero-order chi connectivity index (χ0) is 13.1. The fraction of sp³-hybridized carbons (Fsp3) is 0.364. The highest BCUT2D eigenvalue weighted by Gasteiger charge is 2.18. The number of amides is 2. The third-order valence-corrected chi connectivity index (χ3v) is 2.63. The van der Waals surface area contributed by atoms with Gasteiger partial charge in [-0.3, -0.25) is 0 Å². The molecular weight excluding hydrogens is 244 g/mol. The van der Waals surface area contributed by atoms with Crippen molar-refractivity contribution in [1.29, 1.82) is 0 Å². The second-order valence-electron chi connectivity index (χ2n) is 3.88. The van der Waals surface area contributed by atoms with Crippen molar-refractivity contribution in [2.24, 2.45) is 0 Å². The normalized spacial score (nSPS) is 15.6. The van der Waals surface area contributed by atoms with Crippen LogP contribution in [0.15, 0.2) is 12.1 Å². The van der Waals surface area contributed by atoms with E-state index in [1.165, 1.54) is 4.90 Å². The van der Waals surface area contributed by atoms with Gasteiger partial charge in [0.15, 0.2) is 0 Å². The average Bonchev–Trinajstić information content (AvgIpc) is 2.37. The molecule has 1 aromatic rings. The van der Waals surface area contributed by atoms with Crippen LogP contribution in [0.4, 0.5) is 25.0 Å². The lowest BCUT2D eigenvalue weighted by molar-refractivity contribution is 0.0564. The summed E-state index contributed by atoms with van der Waals surface area (Å²) in [4.78, 5) is 13.3. The molecule has 5 nitrogen and oxygen atoms in total. The van der Waals surface area contributed by atoms with Gasteiger partial charge in [0.2, 0.25) is 0 Å². The van der Waals surface area contributed by atoms with Crippen LogP contribution >= 0.6 is 0 Å². The molecule has 2 rings (SSSR count). The van der Waals surface area contributed by atoms with Gasteiger partial charge in [-0.25, -0.2) is 13.6 Å². The highest BCUT2D eigenvalue weighted by Crippen LogP contribution is 2.21. The molecule has 1 fully saturated rings. The number of nitrogens with two attached hydrogens (primary N) is 1. The number of carbonyl (C=O) groups is 1. The molecule has 1 aliphatic heterocycles. The van der Waals surface area contributed by atoms with E-state index in [1.807, 2.05) is 0 Å². The van der Waals surface area contributed by atoms with E-state index in [0.717, 1.165) is 6.07 Å². The second-order valence-corrected chi connectivity index (χ2v) is 3.88. The zero-order valence-corrected chi connectivity index (χ0v) is 9.58. The van der Waals surface area contributed by atoms with E-state index in [9.17, 15) is 13.6 Å². The van der Waals surface area contributed by atoms with Gasteiger partial charge in [0.1, 0.15) is 11.6 Å². The Labute approximate surface area is 103 Å².